The quantitative estimate of drug-likeness (QED) is 0.914. The number of aryl methyl sites for hydroxylation is 1. The van der Waals surface area contributed by atoms with E-state index in [0.717, 1.165) is 22.8 Å². The Kier molecular flexibility index (Phi) is 4.07. The van der Waals surface area contributed by atoms with E-state index in [9.17, 15) is 4.79 Å². The van der Waals surface area contributed by atoms with Gasteiger partial charge in [0.25, 0.3) is 0 Å². The molecular formula is C19H23N3O. The molecule has 0 saturated heterocycles. The number of nitrogens with one attached hydrogen (secondary N) is 1. The van der Waals surface area contributed by atoms with Crippen LogP contribution >= 0.6 is 0 Å². The summed E-state index contributed by atoms with van der Waals surface area (Å²) in [5, 5.41) is 3.57. The Hall–Kier alpha value is -2.36. The third-order valence-electron chi connectivity index (χ3n) is 4.76. The number of hydrogen-bond donors (Lipinski definition) is 1. The molecule has 0 aliphatic carbocycles. The van der Waals surface area contributed by atoms with Crippen LogP contribution in [0.25, 0.3) is 0 Å². The minimum atomic E-state index is 0.0870. The zero-order valence-corrected chi connectivity index (χ0v) is 14.1. The number of carbonyl (C=O) groups excluding carboxylic acids is 1. The highest BCUT2D eigenvalue weighted by Gasteiger charge is 2.37. The first-order valence-corrected chi connectivity index (χ1v) is 8.08. The summed E-state index contributed by atoms with van der Waals surface area (Å²) in [7, 11) is 0. The predicted molar refractivity (Wildman–Crippen MR) is 93.6 cm³/mol. The largest absolute Gasteiger partial charge is 0.363 e. The van der Waals surface area contributed by atoms with Gasteiger partial charge < -0.3 is 10.2 Å². The molecule has 1 amide bonds. The number of fused-ring (bicyclic) bond motifs is 1. The smallest absolute Gasteiger partial charge is 0.224 e. The summed E-state index contributed by atoms with van der Waals surface area (Å²) in [4.78, 5) is 18.6. The molecule has 1 aliphatic heterocycles. The second kappa shape index (κ2) is 6.03. The van der Waals surface area contributed by atoms with Crippen molar-refractivity contribution in [1.29, 1.82) is 0 Å². The number of aromatic nitrogens is 1. The molecule has 1 aromatic heterocycles. The van der Waals surface area contributed by atoms with Gasteiger partial charge in [0.05, 0.1) is 6.04 Å². The van der Waals surface area contributed by atoms with Crippen molar-refractivity contribution in [2.75, 3.05) is 10.2 Å². The number of amides is 1. The van der Waals surface area contributed by atoms with E-state index in [0.29, 0.717) is 0 Å². The third kappa shape index (κ3) is 2.81. The molecule has 0 fully saturated rings. The zero-order valence-electron chi connectivity index (χ0n) is 14.1. The standard InChI is InChI=1S/C19H23N3O/c1-12-8-7-11-18(20-12)21-19-13(2)14(3)22(15(4)23)17-10-6-5-9-16(17)19/h5-11,13-14,19H,1-4H3,(H,20,21)/t13-,14-,19?/m0/s1. The van der Waals surface area contributed by atoms with E-state index in [4.69, 9.17) is 0 Å². The normalized spacial score (nSPS) is 23.3. The van der Waals surface area contributed by atoms with Crippen molar-refractivity contribution in [3.8, 4) is 0 Å². The minimum absolute atomic E-state index is 0.0870. The number of hydrogen-bond acceptors (Lipinski definition) is 3. The minimum Gasteiger partial charge on any atom is -0.363 e. The first-order valence-electron chi connectivity index (χ1n) is 8.08. The highest BCUT2D eigenvalue weighted by atomic mass is 16.2. The monoisotopic (exact) mass is 309 g/mol. The number of benzene rings is 1. The molecule has 2 heterocycles. The number of carbonyl (C=O) groups is 1. The van der Waals surface area contributed by atoms with Crippen LogP contribution in [0.2, 0.25) is 0 Å². The molecule has 1 aromatic carbocycles. The molecule has 120 valence electrons. The van der Waals surface area contributed by atoms with E-state index in [1.54, 1.807) is 6.92 Å². The zero-order chi connectivity index (χ0) is 16.6. The lowest BCUT2D eigenvalue weighted by atomic mass is 9.83. The molecule has 0 spiro atoms. The van der Waals surface area contributed by atoms with Crippen LogP contribution in [-0.4, -0.2) is 16.9 Å². The van der Waals surface area contributed by atoms with Gasteiger partial charge in [0, 0.05) is 30.3 Å². The van der Waals surface area contributed by atoms with Crippen molar-refractivity contribution in [3.63, 3.8) is 0 Å². The van der Waals surface area contributed by atoms with Crippen LogP contribution < -0.4 is 10.2 Å². The van der Waals surface area contributed by atoms with E-state index in [2.05, 4.69) is 30.2 Å². The van der Waals surface area contributed by atoms with Crippen LogP contribution in [0.1, 0.15) is 38.1 Å². The summed E-state index contributed by atoms with van der Waals surface area (Å²) in [6, 6.07) is 14.4. The van der Waals surface area contributed by atoms with E-state index in [1.807, 2.05) is 48.2 Å². The summed E-state index contributed by atoms with van der Waals surface area (Å²) in [5.41, 5.74) is 3.14. The molecule has 1 aliphatic rings. The van der Waals surface area contributed by atoms with Gasteiger partial charge in [-0.2, -0.15) is 0 Å². The Morgan fingerprint density at radius 1 is 1.13 bits per heavy atom. The highest BCUT2D eigenvalue weighted by Crippen LogP contribution is 2.42. The van der Waals surface area contributed by atoms with Crippen LogP contribution in [0.15, 0.2) is 42.5 Å². The van der Waals surface area contributed by atoms with Gasteiger partial charge in [0.15, 0.2) is 0 Å². The second-order valence-corrected chi connectivity index (χ2v) is 6.33. The molecule has 2 aromatic rings. The maximum absolute atomic E-state index is 12.1. The van der Waals surface area contributed by atoms with Gasteiger partial charge in [-0.3, -0.25) is 4.79 Å². The Labute approximate surface area is 137 Å². The lowest BCUT2D eigenvalue weighted by Gasteiger charge is -2.44. The average molecular weight is 309 g/mol. The Balaban J connectivity index is 2.03. The first-order chi connectivity index (χ1) is 11.0. The topological polar surface area (TPSA) is 45.2 Å². The maximum atomic E-state index is 12.1. The molecule has 0 radical (unpaired) electrons. The molecule has 4 heteroatoms. The molecule has 4 nitrogen and oxygen atoms in total. The number of nitrogens with zero attached hydrogens (tertiary/aromatic N) is 2. The molecule has 1 unspecified atom stereocenters. The van der Waals surface area contributed by atoms with Crippen LogP contribution in [0.4, 0.5) is 11.5 Å². The van der Waals surface area contributed by atoms with Gasteiger partial charge in [-0.05, 0) is 37.6 Å². The summed E-state index contributed by atoms with van der Waals surface area (Å²) >= 11 is 0. The average Bonchev–Trinajstić information content (AvgIpc) is 2.51. The van der Waals surface area contributed by atoms with Crippen LogP contribution in [0, 0.1) is 12.8 Å². The van der Waals surface area contributed by atoms with Crippen molar-refractivity contribution >= 4 is 17.4 Å². The van der Waals surface area contributed by atoms with Gasteiger partial charge in [0.1, 0.15) is 5.82 Å². The summed E-state index contributed by atoms with van der Waals surface area (Å²) in [6.07, 6.45) is 0. The van der Waals surface area contributed by atoms with Crippen molar-refractivity contribution in [1.82, 2.24) is 4.98 Å². The summed E-state index contributed by atoms with van der Waals surface area (Å²) in [5.74, 6) is 1.24. The first kappa shape index (κ1) is 15.5. The number of pyridine rings is 1. The molecule has 23 heavy (non-hydrogen) atoms. The fraction of sp³-hybridized carbons (Fsp3) is 0.368. The Bertz CT molecular complexity index is 728. The van der Waals surface area contributed by atoms with Crippen molar-refractivity contribution in [2.45, 2.75) is 39.8 Å². The third-order valence-corrected chi connectivity index (χ3v) is 4.76. The van der Waals surface area contributed by atoms with Crippen LogP contribution in [0.3, 0.4) is 0 Å². The van der Waals surface area contributed by atoms with E-state index in [1.165, 1.54) is 0 Å². The van der Waals surface area contributed by atoms with Crippen LogP contribution in [-0.2, 0) is 4.79 Å². The van der Waals surface area contributed by atoms with Crippen molar-refractivity contribution in [2.24, 2.45) is 5.92 Å². The van der Waals surface area contributed by atoms with Gasteiger partial charge in [-0.25, -0.2) is 4.98 Å². The number of rotatable bonds is 2. The van der Waals surface area contributed by atoms with Gasteiger partial charge in [-0.15, -0.1) is 0 Å². The summed E-state index contributed by atoms with van der Waals surface area (Å²) in [6.45, 7) is 7.92. The molecule has 0 bridgehead atoms. The van der Waals surface area contributed by atoms with Gasteiger partial charge >= 0.3 is 0 Å². The lowest BCUT2D eigenvalue weighted by molar-refractivity contribution is -0.117. The fourth-order valence-corrected chi connectivity index (χ4v) is 3.43. The number of para-hydroxylation sites is 1. The van der Waals surface area contributed by atoms with E-state index in [-0.39, 0.29) is 23.9 Å². The summed E-state index contributed by atoms with van der Waals surface area (Å²) < 4.78 is 0. The lowest BCUT2D eigenvalue weighted by Crippen LogP contribution is -2.48. The second-order valence-electron chi connectivity index (χ2n) is 6.33. The van der Waals surface area contributed by atoms with Gasteiger partial charge in [-0.1, -0.05) is 31.2 Å². The van der Waals surface area contributed by atoms with Gasteiger partial charge in [0.2, 0.25) is 5.91 Å². The Morgan fingerprint density at radius 2 is 1.87 bits per heavy atom. The Morgan fingerprint density at radius 3 is 2.57 bits per heavy atom. The van der Waals surface area contributed by atoms with E-state index >= 15 is 0 Å². The SMILES string of the molecule is CC(=O)N1c2ccccc2C(Nc2cccc(C)n2)[C@@H](C)[C@@H]1C. The maximum Gasteiger partial charge on any atom is 0.224 e. The molecule has 3 rings (SSSR count). The molecular weight excluding hydrogens is 286 g/mol. The molecule has 1 N–H and O–H groups in total. The highest BCUT2D eigenvalue weighted by molar-refractivity contribution is 5.93. The van der Waals surface area contributed by atoms with Crippen molar-refractivity contribution < 1.29 is 4.79 Å². The molecule has 0 saturated carbocycles. The predicted octanol–water partition coefficient (Wildman–Crippen LogP) is 3.93. The van der Waals surface area contributed by atoms with E-state index < -0.39 is 0 Å². The van der Waals surface area contributed by atoms with Crippen molar-refractivity contribution in [3.05, 3.63) is 53.7 Å². The number of anilines is 2. The molecule has 3 atom stereocenters. The van der Waals surface area contributed by atoms with Crippen LogP contribution in [0.5, 0.6) is 0 Å². The fourth-order valence-electron chi connectivity index (χ4n) is 3.43.